The second kappa shape index (κ2) is 5.09. The van der Waals surface area contributed by atoms with Gasteiger partial charge in [0.2, 0.25) is 11.8 Å². The number of allylic oxidation sites excluding steroid dienone is 2. The molecule has 1 heterocycles. The Balaban J connectivity index is 1.94. The van der Waals surface area contributed by atoms with Crippen LogP contribution in [0.5, 0.6) is 0 Å². The van der Waals surface area contributed by atoms with E-state index in [1.807, 2.05) is 13.8 Å². The molecule has 5 nitrogen and oxygen atoms in total. The largest absolute Gasteiger partial charge is 0.545 e. The van der Waals surface area contributed by atoms with Crippen LogP contribution in [0.15, 0.2) is 35.9 Å². The molecule has 0 bridgehead atoms. The van der Waals surface area contributed by atoms with E-state index in [1.54, 1.807) is 0 Å². The molecule has 1 aromatic rings. The molecular weight excluding hydrogens is 282 g/mol. The molecular formula is C17H16NO4-. The van der Waals surface area contributed by atoms with Gasteiger partial charge in [-0.05, 0) is 37.0 Å². The molecule has 1 saturated heterocycles. The van der Waals surface area contributed by atoms with Crippen LogP contribution >= 0.6 is 0 Å². The lowest BCUT2D eigenvalue weighted by Crippen LogP contribution is -2.31. The lowest BCUT2D eigenvalue weighted by Gasteiger charge is -2.25. The van der Waals surface area contributed by atoms with Crippen LogP contribution in [0.3, 0.4) is 0 Å². The summed E-state index contributed by atoms with van der Waals surface area (Å²) in [6.07, 6.45) is 2.66. The summed E-state index contributed by atoms with van der Waals surface area (Å²) in [6.45, 7) is 3.93. The number of nitrogens with zero attached hydrogens (tertiary/aromatic N) is 1. The van der Waals surface area contributed by atoms with Crippen molar-refractivity contribution < 1.29 is 19.5 Å². The number of carbonyl (C=O) groups excluding carboxylic acids is 3. The number of anilines is 1. The average molecular weight is 298 g/mol. The van der Waals surface area contributed by atoms with Crippen molar-refractivity contribution in [2.45, 2.75) is 20.3 Å². The highest BCUT2D eigenvalue weighted by Gasteiger charge is 2.51. The number of fused-ring (bicyclic) bond motifs is 1. The third kappa shape index (κ3) is 2.13. The number of hydrogen-bond donors (Lipinski definition) is 0. The molecule has 2 aliphatic rings. The van der Waals surface area contributed by atoms with Crippen molar-refractivity contribution in [2.75, 3.05) is 4.90 Å². The molecule has 3 rings (SSSR count). The van der Waals surface area contributed by atoms with Crippen molar-refractivity contribution in [3.63, 3.8) is 0 Å². The van der Waals surface area contributed by atoms with Crippen LogP contribution in [0.1, 0.15) is 30.6 Å². The van der Waals surface area contributed by atoms with Gasteiger partial charge < -0.3 is 9.90 Å². The smallest absolute Gasteiger partial charge is 0.238 e. The summed E-state index contributed by atoms with van der Waals surface area (Å²) in [7, 11) is 0. The van der Waals surface area contributed by atoms with E-state index in [1.165, 1.54) is 29.2 Å². The summed E-state index contributed by atoms with van der Waals surface area (Å²) >= 11 is 0. The standard InChI is InChI=1S/C17H17NO4/c1-9-7-10(2)14-13(8-9)15(19)18(16(14)20)12-5-3-11(4-6-12)17(21)22/h3-7,10,13-14H,8H2,1-2H3,(H,21,22)/p-1/t10-,13-,14-/m1/s1. The molecule has 22 heavy (non-hydrogen) atoms. The first-order valence-electron chi connectivity index (χ1n) is 7.26. The van der Waals surface area contributed by atoms with Crippen molar-refractivity contribution in [3.05, 3.63) is 41.5 Å². The zero-order valence-corrected chi connectivity index (χ0v) is 12.4. The van der Waals surface area contributed by atoms with Gasteiger partial charge in [-0.15, -0.1) is 0 Å². The Bertz CT molecular complexity index is 689. The number of carboxylic acids is 1. The van der Waals surface area contributed by atoms with Crippen LogP contribution < -0.4 is 10.0 Å². The molecule has 2 amide bonds. The highest BCUT2D eigenvalue weighted by Crippen LogP contribution is 2.42. The maximum atomic E-state index is 12.6. The van der Waals surface area contributed by atoms with E-state index in [-0.39, 0.29) is 35.1 Å². The van der Waals surface area contributed by atoms with E-state index in [0.29, 0.717) is 12.1 Å². The van der Waals surface area contributed by atoms with Crippen LogP contribution in [-0.2, 0) is 9.59 Å². The monoisotopic (exact) mass is 298 g/mol. The summed E-state index contributed by atoms with van der Waals surface area (Å²) in [5.41, 5.74) is 1.56. The topological polar surface area (TPSA) is 77.5 Å². The fraction of sp³-hybridized carbons (Fsp3) is 0.353. The van der Waals surface area contributed by atoms with Crippen molar-refractivity contribution in [1.82, 2.24) is 0 Å². The van der Waals surface area contributed by atoms with Crippen LogP contribution in [0, 0.1) is 17.8 Å². The predicted octanol–water partition coefficient (Wildman–Crippen LogP) is 1.14. The van der Waals surface area contributed by atoms with Gasteiger partial charge in [-0.25, -0.2) is 0 Å². The van der Waals surface area contributed by atoms with Gasteiger partial charge in [0.15, 0.2) is 0 Å². The molecule has 114 valence electrons. The second-order valence-electron chi connectivity index (χ2n) is 6.05. The van der Waals surface area contributed by atoms with Gasteiger partial charge in [0.1, 0.15) is 0 Å². The fourth-order valence-corrected chi connectivity index (χ4v) is 3.52. The molecule has 0 spiro atoms. The van der Waals surface area contributed by atoms with E-state index in [4.69, 9.17) is 0 Å². The van der Waals surface area contributed by atoms with Gasteiger partial charge in [0.05, 0.1) is 23.5 Å². The number of carbonyl (C=O) groups is 3. The molecule has 1 aromatic carbocycles. The molecule has 3 atom stereocenters. The van der Waals surface area contributed by atoms with Crippen molar-refractivity contribution in [3.8, 4) is 0 Å². The zero-order chi connectivity index (χ0) is 16.0. The van der Waals surface area contributed by atoms with E-state index in [9.17, 15) is 19.5 Å². The highest BCUT2D eigenvalue weighted by molar-refractivity contribution is 6.22. The normalized spacial score (nSPS) is 27.6. The van der Waals surface area contributed by atoms with Crippen LogP contribution in [0.2, 0.25) is 0 Å². The van der Waals surface area contributed by atoms with E-state index < -0.39 is 5.97 Å². The first kappa shape index (κ1) is 14.5. The second-order valence-corrected chi connectivity index (χ2v) is 6.05. The molecule has 1 aliphatic heterocycles. The molecule has 1 aliphatic carbocycles. The Kier molecular flexibility index (Phi) is 3.35. The Hall–Kier alpha value is -2.43. The number of rotatable bonds is 2. The predicted molar refractivity (Wildman–Crippen MR) is 77.8 cm³/mol. The van der Waals surface area contributed by atoms with E-state index in [2.05, 4.69) is 6.08 Å². The first-order valence-corrected chi connectivity index (χ1v) is 7.26. The summed E-state index contributed by atoms with van der Waals surface area (Å²) in [5.74, 6) is -2.29. The fourth-order valence-electron chi connectivity index (χ4n) is 3.52. The van der Waals surface area contributed by atoms with Crippen molar-refractivity contribution in [1.29, 1.82) is 0 Å². The number of carboxylic acid groups (broad SMARTS) is 1. The molecule has 0 N–H and O–H groups in total. The lowest BCUT2D eigenvalue weighted by atomic mass is 9.76. The van der Waals surface area contributed by atoms with Crippen LogP contribution in [0.25, 0.3) is 0 Å². The summed E-state index contributed by atoms with van der Waals surface area (Å²) in [4.78, 5) is 37.2. The minimum Gasteiger partial charge on any atom is -0.545 e. The van der Waals surface area contributed by atoms with Gasteiger partial charge in [-0.3, -0.25) is 14.5 Å². The Morgan fingerprint density at radius 2 is 1.82 bits per heavy atom. The number of imide groups is 1. The number of aromatic carboxylic acids is 1. The van der Waals surface area contributed by atoms with Gasteiger partial charge in [0, 0.05) is 0 Å². The summed E-state index contributed by atoms with van der Waals surface area (Å²) in [5, 5.41) is 10.8. The maximum Gasteiger partial charge on any atom is 0.238 e. The highest BCUT2D eigenvalue weighted by atomic mass is 16.4. The van der Waals surface area contributed by atoms with Gasteiger partial charge in [-0.1, -0.05) is 30.7 Å². The maximum absolute atomic E-state index is 12.6. The number of amides is 2. The minimum absolute atomic E-state index is 0.0196. The average Bonchev–Trinajstić information content (AvgIpc) is 2.70. The molecule has 1 fully saturated rings. The molecule has 0 aromatic heterocycles. The van der Waals surface area contributed by atoms with Gasteiger partial charge >= 0.3 is 0 Å². The molecule has 0 radical (unpaired) electrons. The van der Waals surface area contributed by atoms with Gasteiger partial charge in [-0.2, -0.15) is 0 Å². The number of benzene rings is 1. The van der Waals surface area contributed by atoms with Crippen LogP contribution in [0.4, 0.5) is 5.69 Å². The zero-order valence-electron chi connectivity index (χ0n) is 12.4. The van der Waals surface area contributed by atoms with E-state index >= 15 is 0 Å². The first-order chi connectivity index (χ1) is 10.4. The van der Waals surface area contributed by atoms with Crippen LogP contribution in [-0.4, -0.2) is 17.8 Å². The van der Waals surface area contributed by atoms with Crippen molar-refractivity contribution >= 4 is 23.5 Å². The molecule has 5 heteroatoms. The van der Waals surface area contributed by atoms with Gasteiger partial charge in [0.25, 0.3) is 0 Å². The third-order valence-corrected chi connectivity index (χ3v) is 4.49. The lowest BCUT2D eigenvalue weighted by molar-refractivity contribution is -0.255. The Morgan fingerprint density at radius 3 is 2.41 bits per heavy atom. The third-order valence-electron chi connectivity index (χ3n) is 4.49. The number of hydrogen-bond acceptors (Lipinski definition) is 4. The van der Waals surface area contributed by atoms with E-state index in [0.717, 1.165) is 5.57 Å². The summed E-state index contributed by atoms with van der Waals surface area (Å²) < 4.78 is 0. The quantitative estimate of drug-likeness (QED) is 0.606. The SMILES string of the molecule is CC1=C[C@@H](C)[C@H]2C(=O)N(c3ccc(C(=O)[O-])cc3)C(=O)[C@@H]2C1. The summed E-state index contributed by atoms with van der Waals surface area (Å²) in [6, 6.07) is 5.65. The minimum atomic E-state index is -1.28. The molecule has 0 saturated carbocycles. The Labute approximate surface area is 128 Å². The van der Waals surface area contributed by atoms with Crippen molar-refractivity contribution in [2.24, 2.45) is 17.8 Å². The Morgan fingerprint density at radius 1 is 1.18 bits per heavy atom. The molecule has 0 unspecified atom stereocenters.